The summed E-state index contributed by atoms with van der Waals surface area (Å²) in [6.07, 6.45) is 0.849. The van der Waals surface area contributed by atoms with Gasteiger partial charge in [0.15, 0.2) is 0 Å². The first-order chi connectivity index (χ1) is 12.7. The van der Waals surface area contributed by atoms with E-state index in [1.165, 1.54) is 19.2 Å². The zero-order valence-corrected chi connectivity index (χ0v) is 17.1. The molecule has 150 valence electrons. The van der Waals surface area contributed by atoms with Gasteiger partial charge in [-0.3, -0.25) is 14.5 Å². The maximum Gasteiger partial charge on any atom is 0.241 e. The van der Waals surface area contributed by atoms with Crippen LogP contribution < -0.4 is 4.72 Å². The number of benzene rings is 1. The average Bonchev–Trinajstić information content (AvgIpc) is 2.66. The summed E-state index contributed by atoms with van der Waals surface area (Å²) >= 11 is 0. The predicted molar refractivity (Wildman–Crippen MR) is 103 cm³/mol. The Morgan fingerprint density at radius 1 is 1.19 bits per heavy atom. The Balaban J connectivity index is 1.94. The van der Waals surface area contributed by atoms with E-state index in [0.29, 0.717) is 32.5 Å². The van der Waals surface area contributed by atoms with Crippen LogP contribution in [-0.2, 0) is 26.0 Å². The molecule has 0 aromatic heterocycles. The molecule has 0 spiro atoms. The van der Waals surface area contributed by atoms with Crippen molar-refractivity contribution in [2.75, 3.05) is 47.8 Å². The highest BCUT2D eigenvalue weighted by Gasteiger charge is 2.32. The van der Waals surface area contributed by atoms with E-state index in [9.17, 15) is 18.0 Å². The average molecular weight is 397 g/mol. The van der Waals surface area contributed by atoms with Crippen LogP contribution in [0.3, 0.4) is 0 Å². The van der Waals surface area contributed by atoms with E-state index in [1.54, 1.807) is 36.0 Å². The molecule has 1 aromatic rings. The number of carbonyl (C=O) groups is 2. The smallest absolute Gasteiger partial charge is 0.241 e. The lowest BCUT2D eigenvalue weighted by atomic mass is 10.1. The van der Waals surface area contributed by atoms with E-state index in [0.717, 1.165) is 5.56 Å². The lowest BCUT2D eigenvalue weighted by Crippen LogP contribution is -2.58. The second-order valence-electron chi connectivity index (χ2n) is 6.92. The highest BCUT2D eigenvalue weighted by molar-refractivity contribution is 7.89. The lowest BCUT2D eigenvalue weighted by molar-refractivity contribution is -0.141. The Labute approximate surface area is 161 Å². The Bertz CT molecular complexity index is 777. The molecule has 1 fully saturated rings. The Morgan fingerprint density at radius 2 is 1.81 bits per heavy atom. The van der Waals surface area contributed by atoms with E-state index >= 15 is 0 Å². The largest absolute Gasteiger partial charge is 0.347 e. The normalized spacial score (nSPS) is 18.4. The molecule has 8 nitrogen and oxygen atoms in total. The Hall–Kier alpha value is -1.97. The first kappa shape index (κ1) is 21.3. The summed E-state index contributed by atoms with van der Waals surface area (Å²) in [6.45, 7) is 1.66. The number of rotatable bonds is 6. The van der Waals surface area contributed by atoms with E-state index in [-0.39, 0.29) is 22.8 Å². The topological polar surface area (TPSA) is 90.0 Å². The van der Waals surface area contributed by atoms with Crippen molar-refractivity contribution in [1.29, 1.82) is 0 Å². The summed E-state index contributed by atoms with van der Waals surface area (Å²) in [5.41, 5.74) is 0.897. The van der Waals surface area contributed by atoms with Crippen LogP contribution in [0.5, 0.6) is 0 Å². The molecule has 1 aromatic carbocycles. The number of hydrogen-bond donors (Lipinski definition) is 1. The molecule has 0 bridgehead atoms. The summed E-state index contributed by atoms with van der Waals surface area (Å²) in [5, 5.41) is 0. The zero-order chi connectivity index (χ0) is 20.2. The van der Waals surface area contributed by atoms with Crippen molar-refractivity contribution in [2.45, 2.75) is 23.8 Å². The van der Waals surface area contributed by atoms with Crippen molar-refractivity contribution in [3.8, 4) is 0 Å². The SMILES string of the molecule is CNS(=O)(=O)c1ccc(CCC(=O)N2CCN(C)[C@H](C(=O)N(C)C)C2)cc1. The monoisotopic (exact) mass is 396 g/mol. The molecule has 0 unspecified atom stereocenters. The third-order valence-corrected chi connectivity index (χ3v) is 6.29. The fourth-order valence-corrected chi connectivity index (χ4v) is 3.76. The molecular formula is C18H28N4O4S. The second-order valence-corrected chi connectivity index (χ2v) is 8.81. The number of hydrogen-bond acceptors (Lipinski definition) is 5. The van der Waals surface area contributed by atoms with Gasteiger partial charge in [-0.1, -0.05) is 12.1 Å². The van der Waals surface area contributed by atoms with Crippen molar-refractivity contribution in [2.24, 2.45) is 0 Å². The zero-order valence-electron chi connectivity index (χ0n) is 16.3. The molecule has 1 N–H and O–H groups in total. The molecule has 2 rings (SSSR count). The number of aryl methyl sites for hydroxylation is 1. The lowest BCUT2D eigenvalue weighted by Gasteiger charge is -2.39. The summed E-state index contributed by atoms with van der Waals surface area (Å²) < 4.78 is 25.7. The van der Waals surface area contributed by atoms with Gasteiger partial charge in [0.25, 0.3) is 0 Å². The molecule has 1 aliphatic rings. The van der Waals surface area contributed by atoms with Gasteiger partial charge in [0.2, 0.25) is 21.8 Å². The van der Waals surface area contributed by atoms with Gasteiger partial charge in [-0.2, -0.15) is 0 Å². The van der Waals surface area contributed by atoms with Gasteiger partial charge in [0.1, 0.15) is 6.04 Å². The first-order valence-electron chi connectivity index (χ1n) is 8.87. The Kier molecular flexibility index (Phi) is 6.96. The molecule has 0 radical (unpaired) electrons. The maximum absolute atomic E-state index is 12.6. The maximum atomic E-state index is 12.6. The summed E-state index contributed by atoms with van der Waals surface area (Å²) in [5.74, 6) is 0.00270. The van der Waals surface area contributed by atoms with Crippen LogP contribution in [0.1, 0.15) is 12.0 Å². The van der Waals surface area contributed by atoms with Gasteiger partial charge in [-0.05, 0) is 38.2 Å². The molecule has 1 aliphatic heterocycles. The van der Waals surface area contributed by atoms with Gasteiger partial charge in [-0.15, -0.1) is 0 Å². The minimum atomic E-state index is -3.46. The minimum absolute atomic E-state index is 0.00340. The number of nitrogens with one attached hydrogen (secondary N) is 1. The van der Waals surface area contributed by atoms with Gasteiger partial charge < -0.3 is 9.80 Å². The highest BCUT2D eigenvalue weighted by atomic mass is 32.2. The van der Waals surface area contributed by atoms with Crippen LogP contribution in [-0.4, -0.2) is 88.8 Å². The number of amides is 2. The van der Waals surface area contributed by atoms with Crippen LogP contribution in [0.25, 0.3) is 0 Å². The van der Waals surface area contributed by atoms with E-state index < -0.39 is 10.0 Å². The fraction of sp³-hybridized carbons (Fsp3) is 0.556. The third kappa shape index (κ3) is 5.27. The van der Waals surface area contributed by atoms with Gasteiger partial charge in [-0.25, -0.2) is 13.1 Å². The van der Waals surface area contributed by atoms with Crippen LogP contribution in [0.2, 0.25) is 0 Å². The summed E-state index contributed by atoms with van der Waals surface area (Å²) in [6, 6.07) is 6.20. The number of carbonyl (C=O) groups excluding carboxylic acids is 2. The van der Waals surface area contributed by atoms with E-state index in [1.807, 2.05) is 11.9 Å². The molecule has 1 saturated heterocycles. The quantitative estimate of drug-likeness (QED) is 0.717. The summed E-state index contributed by atoms with van der Waals surface area (Å²) in [4.78, 5) is 30.3. The van der Waals surface area contributed by atoms with Crippen molar-refractivity contribution >= 4 is 21.8 Å². The standard InChI is InChI=1S/C18H28N4O4S/c1-19-27(25,26)15-8-5-14(6-9-15)7-10-17(23)22-12-11-21(4)16(13-22)18(24)20(2)3/h5-6,8-9,16,19H,7,10-13H2,1-4H3/t16-/m0/s1. The molecule has 0 saturated carbocycles. The molecular weight excluding hydrogens is 368 g/mol. The van der Waals surface area contributed by atoms with E-state index in [2.05, 4.69) is 4.72 Å². The fourth-order valence-electron chi connectivity index (χ4n) is 3.03. The molecule has 1 atom stereocenters. The first-order valence-corrected chi connectivity index (χ1v) is 10.4. The second kappa shape index (κ2) is 8.81. The van der Waals surface area contributed by atoms with Crippen LogP contribution in [0.4, 0.5) is 0 Å². The third-order valence-electron chi connectivity index (χ3n) is 4.86. The number of piperazine rings is 1. The highest BCUT2D eigenvalue weighted by Crippen LogP contribution is 2.14. The van der Waals surface area contributed by atoms with Crippen molar-refractivity contribution in [3.63, 3.8) is 0 Å². The van der Waals surface area contributed by atoms with Crippen LogP contribution >= 0.6 is 0 Å². The minimum Gasteiger partial charge on any atom is -0.347 e. The van der Waals surface area contributed by atoms with Crippen molar-refractivity contribution in [3.05, 3.63) is 29.8 Å². The molecule has 1 heterocycles. The molecule has 27 heavy (non-hydrogen) atoms. The number of sulfonamides is 1. The number of nitrogens with zero attached hydrogens (tertiary/aromatic N) is 3. The van der Waals surface area contributed by atoms with E-state index in [4.69, 9.17) is 0 Å². The van der Waals surface area contributed by atoms with Crippen molar-refractivity contribution < 1.29 is 18.0 Å². The van der Waals surface area contributed by atoms with Gasteiger partial charge >= 0.3 is 0 Å². The molecule has 0 aliphatic carbocycles. The molecule has 9 heteroatoms. The van der Waals surface area contributed by atoms with Crippen LogP contribution in [0.15, 0.2) is 29.2 Å². The predicted octanol–water partition coefficient (Wildman–Crippen LogP) is -0.242. The van der Waals surface area contributed by atoms with Crippen molar-refractivity contribution in [1.82, 2.24) is 19.4 Å². The van der Waals surface area contributed by atoms with Gasteiger partial charge in [0, 0.05) is 40.2 Å². The number of likely N-dealkylation sites (N-methyl/N-ethyl adjacent to an activating group) is 2. The van der Waals surface area contributed by atoms with Crippen LogP contribution in [0, 0.1) is 0 Å². The molecule has 2 amide bonds. The van der Waals surface area contributed by atoms with Gasteiger partial charge in [0.05, 0.1) is 4.90 Å². The summed E-state index contributed by atoms with van der Waals surface area (Å²) in [7, 11) is 3.24. The Morgan fingerprint density at radius 3 is 2.37 bits per heavy atom.